The average molecular weight is 359 g/mol. The van der Waals surface area contributed by atoms with Crippen molar-refractivity contribution in [3.8, 4) is 11.8 Å². The molecule has 0 saturated carbocycles. The Kier molecular flexibility index (Phi) is 5.57. The van der Waals surface area contributed by atoms with E-state index in [0.29, 0.717) is 5.69 Å². The van der Waals surface area contributed by atoms with Gasteiger partial charge in [-0.15, -0.1) is 5.10 Å². The van der Waals surface area contributed by atoms with E-state index in [-0.39, 0.29) is 24.2 Å². The molecule has 1 aromatic carbocycles. The molecule has 2 aromatic rings. The first-order valence-corrected chi connectivity index (χ1v) is 7.77. The van der Waals surface area contributed by atoms with Crippen molar-refractivity contribution in [2.24, 2.45) is 0 Å². The first-order chi connectivity index (χ1) is 12.2. The Bertz CT molecular complexity index is 870. The molecule has 0 spiro atoms. The molecule has 0 aliphatic heterocycles. The van der Waals surface area contributed by atoms with E-state index in [1.165, 1.54) is 29.1 Å². The van der Waals surface area contributed by atoms with Crippen molar-refractivity contribution in [3.05, 3.63) is 41.8 Å². The molecule has 26 heavy (non-hydrogen) atoms. The highest BCUT2D eigenvalue weighted by Gasteiger charge is 2.22. The molecule has 0 bridgehead atoms. The van der Waals surface area contributed by atoms with E-state index in [9.17, 15) is 14.0 Å². The summed E-state index contributed by atoms with van der Waals surface area (Å²) in [5.74, 6) is -1.24. The van der Waals surface area contributed by atoms with Gasteiger partial charge in [-0.05, 0) is 38.5 Å². The number of rotatable bonds is 6. The fraction of sp³-hybridized carbons (Fsp3) is 0.294. The number of urea groups is 1. The second kappa shape index (κ2) is 7.65. The minimum absolute atomic E-state index is 0.0661. The lowest BCUT2D eigenvalue weighted by molar-refractivity contribution is -0.137. The van der Waals surface area contributed by atoms with Gasteiger partial charge in [0.2, 0.25) is 0 Å². The number of aliphatic carboxylic acids is 1. The number of halogens is 1. The fourth-order valence-corrected chi connectivity index (χ4v) is 2.26. The van der Waals surface area contributed by atoms with Crippen molar-refractivity contribution in [3.63, 3.8) is 0 Å². The van der Waals surface area contributed by atoms with Crippen LogP contribution in [0.15, 0.2) is 30.5 Å². The van der Waals surface area contributed by atoms with Gasteiger partial charge in [0.15, 0.2) is 5.82 Å². The van der Waals surface area contributed by atoms with Gasteiger partial charge in [0.1, 0.15) is 11.9 Å². The minimum atomic E-state index is -0.938. The molecule has 8 nitrogen and oxygen atoms in total. The van der Waals surface area contributed by atoms with Gasteiger partial charge in [0.05, 0.1) is 11.3 Å². The molecule has 0 aliphatic carbocycles. The first-order valence-electron chi connectivity index (χ1n) is 7.77. The van der Waals surface area contributed by atoms with Gasteiger partial charge in [-0.2, -0.15) is 5.26 Å². The van der Waals surface area contributed by atoms with Crippen molar-refractivity contribution in [2.45, 2.75) is 32.2 Å². The SMILES string of the molecule is CC(C)(CCC(=O)O)NC(=O)Nc1ccn(-c2ccc(F)cc2C#N)n1. The van der Waals surface area contributed by atoms with Gasteiger partial charge >= 0.3 is 12.0 Å². The summed E-state index contributed by atoms with van der Waals surface area (Å²) < 4.78 is 14.6. The Morgan fingerprint density at radius 2 is 2.12 bits per heavy atom. The highest BCUT2D eigenvalue weighted by atomic mass is 19.1. The molecule has 0 radical (unpaired) electrons. The van der Waals surface area contributed by atoms with Crippen LogP contribution in [0.1, 0.15) is 32.3 Å². The summed E-state index contributed by atoms with van der Waals surface area (Å²) in [6.07, 6.45) is 1.73. The van der Waals surface area contributed by atoms with Crippen molar-refractivity contribution in [2.75, 3.05) is 5.32 Å². The Hall–Kier alpha value is -3.41. The van der Waals surface area contributed by atoms with E-state index in [1.807, 2.05) is 6.07 Å². The Morgan fingerprint density at radius 3 is 2.77 bits per heavy atom. The van der Waals surface area contributed by atoms with Crippen LogP contribution >= 0.6 is 0 Å². The molecule has 0 saturated heterocycles. The lowest BCUT2D eigenvalue weighted by Crippen LogP contribution is -2.45. The quantitative estimate of drug-likeness (QED) is 0.732. The van der Waals surface area contributed by atoms with Crippen LogP contribution in [0, 0.1) is 17.1 Å². The number of hydrogen-bond donors (Lipinski definition) is 3. The summed E-state index contributed by atoms with van der Waals surface area (Å²) in [7, 11) is 0. The number of carboxylic acid groups (broad SMARTS) is 1. The smallest absolute Gasteiger partial charge is 0.320 e. The van der Waals surface area contributed by atoms with Crippen molar-refractivity contribution >= 4 is 17.8 Å². The molecule has 0 atom stereocenters. The van der Waals surface area contributed by atoms with Crippen LogP contribution in [0.3, 0.4) is 0 Å². The highest BCUT2D eigenvalue weighted by molar-refractivity contribution is 5.88. The van der Waals surface area contributed by atoms with Gasteiger partial charge in [-0.25, -0.2) is 13.9 Å². The van der Waals surface area contributed by atoms with E-state index in [0.717, 1.165) is 6.07 Å². The Morgan fingerprint density at radius 1 is 1.38 bits per heavy atom. The topological polar surface area (TPSA) is 120 Å². The van der Waals surface area contributed by atoms with Crippen LogP contribution in [-0.2, 0) is 4.79 Å². The molecule has 0 fully saturated rings. The highest BCUT2D eigenvalue weighted by Crippen LogP contribution is 2.17. The lowest BCUT2D eigenvalue weighted by atomic mass is 9.99. The number of nitriles is 1. The maximum absolute atomic E-state index is 13.2. The van der Waals surface area contributed by atoms with Gasteiger partial charge in [-0.3, -0.25) is 10.1 Å². The fourth-order valence-electron chi connectivity index (χ4n) is 2.26. The Balaban J connectivity index is 2.06. The molecule has 2 amide bonds. The third kappa shape index (κ3) is 5.04. The molecule has 3 N–H and O–H groups in total. The third-order valence-corrected chi connectivity index (χ3v) is 3.57. The average Bonchev–Trinajstić information content (AvgIpc) is 3.00. The van der Waals surface area contributed by atoms with Crippen LogP contribution in [0.4, 0.5) is 15.0 Å². The lowest BCUT2D eigenvalue weighted by Gasteiger charge is -2.25. The number of carbonyl (C=O) groups is 2. The molecular weight excluding hydrogens is 341 g/mol. The maximum Gasteiger partial charge on any atom is 0.320 e. The summed E-state index contributed by atoms with van der Waals surface area (Å²) in [6.45, 7) is 3.43. The second-order valence-corrected chi connectivity index (χ2v) is 6.28. The van der Waals surface area contributed by atoms with Gasteiger partial charge in [0, 0.05) is 24.2 Å². The van der Waals surface area contributed by atoms with Crippen LogP contribution in [0.2, 0.25) is 0 Å². The van der Waals surface area contributed by atoms with Crippen molar-refractivity contribution in [1.29, 1.82) is 5.26 Å². The van der Waals surface area contributed by atoms with E-state index in [4.69, 9.17) is 10.4 Å². The summed E-state index contributed by atoms with van der Waals surface area (Å²) in [5.41, 5.74) is -0.223. The van der Waals surface area contributed by atoms with Gasteiger partial charge in [-0.1, -0.05) is 0 Å². The Labute approximate surface area is 149 Å². The third-order valence-electron chi connectivity index (χ3n) is 3.57. The van der Waals surface area contributed by atoms with Gasteiger partial charge < -0.3 is 10.4 Å². The number of anilines is 1. The number of benzene rings is 1. The van der Waals surface area contributed by atoms with E-state index >= 15 is 0 Å². The second-order valence-electron chi connectivity index (χ2n) is 6.28. The predicted molar refractivity (Wildman–Crippen MR) is 91.3 cm³/mol. The molecule has 136 valence electrons. The number of nitrogens with zero attached hydrogens (tertiary/aromatic N) is 3. The van der Waals surface area contributed by atoms with Crippen LogP contribution in [-0.4, -0.2) is 32.4 Å². The largest absolute Gasteiger partial charge is 0.481 e. The van der Waals surface area contributed by atoms with Gasteiger partial charge in [0.25, 0.3) is 0 Å². The zero-order valence-electron chi connectivity index (χ0n) is 14.3. The molecule has 1 heterocycles. The summed E-state index contributed by atoms with van der Waals surface area (Å²) in [6, 6.07) is 6.60. The number of carbonyl (C=O) groups excluding carboxylic acids is 1. The standard InChI is InChI=1S/C17H18FN5O3/c1-17(2,7-5-15(24)25)21-16(26)20-14-6-8-23(22-14)13-4-3-12(18)9-11(13)10-19/h3-4,6,8-9H,5,7H2,1-2H3,(H,24,25)(H2,20,21,22,26). The number of carboxylic acids is 1. The minimum Gasteiger partial charge on any atom is -0.481 e. The molecule has 0 aliphatic rings. The normalized spacial score (nSPS) is 10.8. The van der Waals surface area contributed by atoms with Crippen LogP contribution in [0.25, 0.3) is 5.69 Å². The number of nitrogens with one attached hydrogen (secondary N) is 2. The van der Waals surface area contributed by atoms with E-state index in [1.54, 1.807) is 13.8 Å². The van der Waals surface area contributed by atoms with Crippen LogP contribution < -0.4 is 10.6 Å². The molecule has 9 heteroatoms. The maximum atomic E-state index is 13.2. The predicted octanol–water partition coefficient (Wildman–Crippen LogP) is 2.65. The van der Waals surface area contributed by atoms with E-state index < -0.39 is 23.4 Å². The van der Waals surface area contributed by atoms with E-state index in [2.05, 4.69) is 15.7 Å². The zero-order valence-corrected chi connectivity index (χ0v) is 14.3. The summed E-state index contributed by atoms with van der Waals surface area (Å²) in [5, 5.41) is 27.2. The van der Waals surface area contributed by atoms with Crippen LogP contribution in [0.5, 0.6) is 0 Å². The molecule has 0 unspecified atom stereocenters. The molecule has 2 rings (SSSR count). The summed E-state index contributed by atoms with van der Waals surface area (Å²) >= 11 is 0. The zero-order chi connectivity index (χ0) is 19.3. The monoisotopic (exact) mass is 359 g/mol. The number of amides is 2. The molecular formula is C17H18FN5O3. The van der Waals surface area contributed by atoms with Crippen molar-refractivity contribution in [1.82, 2.24) is 15.1 Å². The first kappa shape index (κ1) is 18.9. The summed E-state index contributed by atoms with van der Waals surface area (Å²) in [4.78, 5) is 22.7. The molecule has 1 aromatic heterocycles. The number of aromatic nitrogens is 2. The van der Waals surface area contributed by atoms with Crippen molar-refractivity contribution < 1.29 is 19.1 Å². The number of hydrogen-bond acceptors (Lipinski definition) is 4.